The predicted molar refractivity (Wildman–Crippen MR) is 86.3 cm³/mol. The largest absolute Gasteiger partial charge is 0.385 e. The van der Waals surface area contributed by atoms with Gasteiger partial charge in [0.25, 0.3) is 0 Å². The van der Waals surface area contributed by atoms with Crippen molar-refractivity contribution in [2.45, 2.75) is 64.3 Å². The highest BCUT2D eigenvalue weighted by Gasteiger charge is 2.14. The second-order valence-electron chi connectivity index (χ2n) is 5.97. The number of ether oxygens (including phenoxy) is 1. The van der Waals surface area contributed by atoms with Gasteiger partial charge >= 0.3 is 0 Å². The summed E-state index contributed by atoms with van der Waals surface area (Å²) in [6.07, 6.45) is 10.8. The first-order valence-electron chi connectivity index (χ1n) is 8.22. The van der Waals surface area contributed by atoms with Gasteiger partial charge in [-0.1, -0.05) is 32.1 Å². The Morgan fingerprint density at radius 2 is 2.05 bits per heavy atom. The van der Waals surface area contributed by atoms with E-state index in [9.17, 15) is 0 Å². The molecule has 1 aliphatic carbocycles. The van der Waals surface area contributed by atoms with Gasteiger partial charge in [0.05, 0.1) is 0 Å². The average molecular weight is 283 g/mol. The molecule has 0 radical (unpaired) electrons. The topological polar surface area (TPSA) is 45.7 Å². The highest BCUT2D eigenvalue weighted by Crippen LogP contribution is 2.27. The van der Waals surface area contributed by atoms with E-state index in [-0.39, 0.29) is 0 Å². The Hall–Kier alpha value is -0.770. The molecule has 0 heterocycles. The van der Waals surface area contributed by atoms with Crippen molar-refractivity contribution in [2.24, 2.45) is 10.9 Å². The van der Waals surface area contributed by atoms with Gasteiger partial charge in [-0.3, -0.25) is 4.99 Å². The molecule has 0 aliphatic heterocycles. The highest BCUT2D eigenvalue weighted by molar-refractivity contribution is 5.79. The lowest BCUT2D eigenvalue weighted by atomic mass is 9.85. The van der Waals surface area contributed by atoms with Gasteiger partial charge in [-0.15, -0.1) is 0 Å². The maximum Gasteiger partial charge on any atom is 0.191 e. The summed E-state index contributed by atoms with van der Waals surface area (Å²) in [7, 11) is 3.57. The van der Waals surface area contributed by atoms with Crippen LogP contribution in [0, 0.1) is 5.92 Å². The van der Waals surface area contributed by atoms with Crippen LogP contribution < -0.4 is 10.6 Å². The summed E-state index contributed by atoms with van der Waals surface area (Å²) in [4.78, 5) is 4.27. The predicted octanol–water partition coefficient (Wildman–Crippen LogP) is 2.94. The lowest BCUT2D eigenvalue weighted by Gasteiger charge is -2.24. The molecule has 1 aliphatic rings. The molecule has 4 nitrogen and oxygen atoms in total. The summed E-state index contributed by atoms with van der Waals surface area (Å²) in [5.74, 6) is 1.88. The Labute approximate surface area is 124 Å². The molecule has 1 unspecified atom stereocenters. The zero-order valence-electron chi connectivity index (χ0n) is 13.6. The molecule has 0 bridgehead atoms. The van der Waals surface area contributed by atoms with E-state index in [0.717, 1.165) is 31.4 Å². The van der Waals surface area contributed by atoms with Crippen molar-refractivity contribution < 1.29 is 4.74 Å². The Kier molecular flexibility index (Phi) is 9.46. The van der Waals surface area contributed by atoms with Gasteiger partial charge < -0.3 is 15.4 Å². The number of hydrogen-bond acceptors (Lipinski definition) is 2. The van der Waals surface area contributed by atoms with Gasteiger partial charge in [0, 0.05) is 33.4 Å². The molecular weight excluding hydrogens is 250 g/mol. The van der Waals surface area contributed by atoms with Crippen LogP contribution in [0.2, 0.25) is 0 Å². The number of hydrogen-bond donors (Lipinski definition) is 2. The van der Waals surface area contributed by atoms with Crippen molar-refractivity contribution >= 4 is 5.96 Å². The number of guanidine groups is 1. The van der Waals surface area contributed by atoms with Crippen LogP contribution in [0.4, 0.5) is 0 Å². The second-order valence-corrected chi connectivity index (χ2v) is 5.97. The van der Waals surface area contributed by atoms with Crippen LogP contribution in [-0.2, 0) is 4.74 Å². The van der Waals surface area contributed by atoms with Crippen molar-refractivity contribution in [1.82, 2.24) is 10.6 Å². The smallest absolute Gasteiger partial charge is 0.191 e. The molecule has 1 fully saturated rings. The average Bonchev–Trinajstić information content (AvgIpc) is 2.49. The monoisotopic (exact) mass is 283 g/mol. The van der Waals surface area contributed by atoms with E-state index in [2.05, 4.69) is 22.5 Å². The van der Waals surface area contributed by atoms with Crippen LogP contribution in [0.15, 0.2) is 4.99 Å². The van der Waals surface area contributed by atoms with E-state index >= 15 is 0 Å². The Balaban J connectivity index is 2.13. The normalized spacial score (nSPS) is 18.9. The minimum Gasteiger partial charge on any atom is -0.385 e. The van der Waals surface area contributed by atoms with E-state index < -0.39 is 0 Å². The highest BCUT2D eigenvalue weighted by atomic mass is 16.5. The standard InChI is InChI=1S/C16H33N3O/c1-14(10-11-15-8-5-4-6-9-15)19-16(17-2)18-12-7-13-20-3/h14-15H,4-13H2,1-3H3,(H2,17,18,19). The third-order valence-corrected chi connectivity index (χ3v) is 4.16. The van der Waals surface area contributed by atoms with Crippen LogP contribution in [-0.4, -0.2) is 39.3 Å². The number of rotatable bonds is 8. The molecule has 1 atom stereocenters. The van der Waals surface area contributed by atoms with E-state index in [4.69, 9.17) is 4.74 Å². The maximum atomic E-state index is 5.04. The zero-order valence-corrected chi connectivity index (χ0v) is 13.6. The number of aliphatic imine (C=N–C) groups is 1. The van der Waals surface area contributed by atoms with Crippen molar-refractivity contribution in [3.8, 4) is 0 Å². The first-order valence-corrected chi connectivity index (χ1v) is 8.22. The number of methoxy groups -OCH3 is 1. The van der Waals surface area contributed by atoms with Crippen molar-refractivity contribution in [1.29, 1.82) is 0 Å². The number of nitrogens with one attached hydrogen (secondary N) is 2. The molecular formula is C16H33N3O. The van der Waals surface area contributed by atoms with Gasteiger partial charge in [-0.05, 0) is 32.1 Å². The molecule has 0 saturated heterocycles. The molecule has 0 aromatic rings. The van der Waals surface area contributed by atoms with Gasteiger partial charge in [0.15, 0.2) is 5.96 Å². The molecule has 2 N–H and O–H groups in total. The van der Waals surface area contributed by atoms with E-state index in [0.29, 0.717) is 6.04 Å². The van der Waals surface area contributed by atoms with Crippen molar-refractivity contribution in [2.75, 3.05) is 27.3 Å². The first kappa shape index (κ1) is 17.3. The SMILES string of the molecule is CN=C(NCCCOC)NC(C)CCC1CCCCC1. The summed E-state index contributed by atoms with van der Waals surface area (Å²) < 4.78 is 5.04. The van der Waals surface area contributed by atoms with E-state index in [1.54, 1.807) is 7.11 Å². The lowest BCUT2D eigenvalue weighted by Crippen LogP contribution is -2.42. The molecule has 0 spiro atoms. The summed E-state index contributed by atoms with van der Waals surface area (Å²) in [6, 6.07) is 0.491. The quantitative estimate of drug-likeness (QED) is 0.409. The van der Waals surface area contributed by atoms with Crippen LogP contribution in [0.5, 0.6) is 0 Å². The van der Waals surface area contributed by atoms with Gasteiger partial charge in [-0.25, -0.2) is 0 Å². The van der Waals surface area contributed by atoms with Crippen LogP contribution in [0.25, 0.3) is 0 Å². The van der Waals surface area contributed by atoms with Crippen molar-refractivity contribution in [3.63, 3.8) is 0 Å². The summed E-state index contributed by atoms with van der Waals surface area (Å²) >= 11 is 0. The van der Waals surface area contributed by atoms with Crippen LogP contribution >= 0.6 is 0 Å². The Morgan fingerprint density at radius 1 is 1.30 bits per heavy atom. The van der Waals surface area contributed by atoms with Gasteiger partial charge in [0.1, 0.15) is 0 Å². The Bertz CT molecular complexity index is 262. The lowest BCUT2D eigenvalue weighted by molar-refractivity contribution is 0.195. The zero-order chi connectivity index (χ0) is 14.6. The second kappa shape index (κ2) is 11.0. The fourth-order valence-electron chi connectivity index (χ4n) is 2.89. The molecule has 0 aromatic carbocycles. The number of nitrogens with zero attached hydrogens (tertiary/aromatic N) is 1. The van der Waals surface area contributed by atoms with Crippen molar-refractivity contribution in [3.05, 3.63) is 0 Å². The fourth-order valence-corrected chi connectivity index (χ4v) is 2.89. The molecule has 1 rings (SSSR count). The molecule has 20 heavy (non-hydrogen) atoms. The van der Waals surface area contributed by atoms with E-state index in [1.807, 2.05) is 7.05 Å². The third-order valence-electron chi connectivity index (χ3n) is 4.16. The maximum absolute atomic E-state index is 5.04. The van der Waals surface area contributed by atoms with Crippen LogP contribution in [0.1, 0.15) is 58.3 Å². The van der Waals surface area contributed by atoms with Gasteiger partial charge in [0.2, 0.25) is 0 Å². The molecule has 118 valence electrons. The summed E-state index contributed by atoms with van der Waals surface area (Å²) in [6.45, 7) is 3.95. The van der Waals surface area contributed by atoms with Crippen LogP contribution in [0.3, 0.4) is 0 Å². The first-order chi connectivity index (χ1) is 9.76. The summed E-state index contributed by atoms with van der Waals surface area (Å²) in [5.41, 5.74) is 0. The minimum atomic E-state index is 0.491. The molecule has 0 aromatic heterocycles. The summed E-state index contributed by atoms with van der Waals surface area (Å²) in [5, 5.41) is 6.81. The fraction of sp³-hybridized carbons (Fsp3) is 0.938. The molecule has 0 amide bonds. The minimum absolute atomic E-state index is 0.491. The van der Waals surface area contributed by atoms with E-state index in [1.165, 1.54) is 44.9 Å². The molecule has 4 heteroatoms. The third kappa shape index (κ3) is 7.73. The molecule has 1 saturated carbocycles. The van der Waals surface area contributed by atoms with Gasteiger partial charge in [-0.2, -0.15) is 0 Å². The Morgan fingerprint density at radius 3 is 2.70 bits per heavy atom.